The summed E-state index contributed by atoms with van der Waals surface area (Å²) >= 11 is 0. The molecule has 8 heteroatoms. The van der Waals surface area contributed by atoms with Crippen LogP contribution >= 0.6 is 0 Å². The first kappa shape index (κ1) is 16.5. The molecule has 5 nitrogen and oxygen atoms in total. The highest BCUT2D eigenvalue weighted by Crippen LogP contribution is 2.30. The van der Waals surface area contributed by atoms with Gasteiger partial charge in [0.05, 0.1) is 23.5 Å². The van der Waals surface area contributed by atoms with Gasteiger partial charge in [-0.25, -0.2) is 0 Å². The molecule has 0 aliphatic carbocycles. The van der Waals surface area contributed by atoms with Crippen molar-refractivity contribution < 1.29 is 18.0 Å². The molecule has 0 saturated heterocycles. The fourth-order valence-electron chi connectivity index (χ4n) is 2.97. The molecule has 2 aromatic rings. The maximum atomic E-state index is 13.0. The van der Waals surface area contributed by atoms with Crippen LogP contribution in [-0.2, 0) is 19.3 Å². The summed E-state index contributed by atoms with van der Waals surface area (Å²) in [7, 11) is 0. The van der Waals surface area contributed by atoms with Gasteiger partial charge in [-0.15, -0.1) is 0 Å². The van der Waals surface area contributed by atoms with Crippen LogP contribution < -0.4 is 0 Å². The van der Waals surface area contributed by atoms with Crippen molar-refractivity contribution in [1.29, 1.82) is 0 Å². The van der Waals surface area contributed by atoms with Gasteiger partial charge < -0.3 is 4.90 Å². The Morgan fingerprint density at radius 1 is 1.33 bits per heavy atom. The zero-order valence-corrected chi connectivity index (χ0v) is 13.3. The number of hydrogen-bond acceptors (Lipinski definition) is 3. The quantitative estimate of drug-likeness (QED) is 0.861. The van der Waals surface area contributed by atoms with Gasteiger partial charge in [-0.05, 0) is 31.0 Å². The van der Waals surface area contributed by atoms with Gasteiger partial charge in [0.15, 0.2) is 0 Å². The summed E-state index contributed by atoms with van der Waals surface area (Å²) in [5.41, 5.74) is 0.837. The number of amides is 1. The second-order valence-corrected chi connectivity index (χ2v) is 6.14. The molecular weight excluding hydrogens is 321 g/mol. The third kappa shape index (κ3) is 3.13. The number of fused-ring (bicyclic) bond motifs is 1. The van der Waals surface area contributed by atoms with Crippen LogP contribution in [0.1, 0.15) is 34.4 Å². The number of carbonyl (C=O) groups excluding carboxylic acids is 1. The summed E-state index contributed by atoms with van der Waals surface area (Å²) in [6.07, 6.45) is -2.81. The van der Waals surface area contributed by atoms with Gasteiger partial charge in [-0.2, -0.15) is 18.3 Å². The molecule has 1 atom stereocenters. The predicted octanol–water partition coefficient (Wildman–Crippen LogP) is 2.90. The molecule has 1 aliphatic rings. The molecular formula is C16H17F3N4O. The van der Waals surface area contributed by atoms with Crippen LogP contribution in [0.25, 0.3) is 0 Å². The van der Waals surface area contributed by atoms with E-state index in [1.165, 1.54) is 6.92 Å². The Kier molecular flexibility index (Phi) is 4.06. The molecule has 1 amide bonds. The summed E-state index contributed by atoms with van der Waals surface area (Å²) in [4.78, 5) is 18.1. The molecule has 1 aliphatic heterocycles. The highest BCUT2D eigenvalue weighted by molar-refractivity contribution is 5.97. The van der Waals surface area contributed by atoms with Gasteiger partial charge in [0.2, 0.25) is 0 Å². The van der Waals surface area contributed by atoms with Gasteiger partial charge in [-0.3, -0.25) is 14.5 Å². The highest BCUT2D eigenvalue weighted by atomic mass is 19.4. The van der Waals surface area contributed by atoms with Crippen molar-refractivity contribution in [3.63, 3.8) is 0 Å². The molecule has 128 valence electrons. The van der Waals surface area contributed by atoms with E-state index in [-0.39, 0.29) is 18.4 Å². The summed E-state index contributed by atoms with van der Waals surface area (Å²) in [5, 5.41) is 3.93. The first-order valence-corrected chi connectivity index (χ1v) is 7.60. The van der Waals surface area contributed by atoms with Crippen LogP contribution in [-0.4, -0.2) is 32.1 Å². The molecule has 1 unspecified atom stereocenters. The molecule has 0 bridgehead atoms. The van der Waals surface area contributed by atoms with Gasteiger partial charge in [-0.1, -0.05) is 6.92 Å². The number of hydrogen-bond donors (Lipinski definition) is 0. The van der Waals surface area contributed by atoms with Crippen LogP contribution in [0.3, 0.4) is 0 Å². The lowest BCUT2D eigenvalue weighted by molar-refractivity contribution is -0.144. The van der Waals surface area contributed by atoms with Crippen LogP contribution in [0.4, 0.5) is 13.2 Å². The number of aromatic nitrogens is 3. The van der Waals surface area contributed by atoms with Crippen molar-refractivity contribution in [2.24, 2.45) is 5.92 Å². The highest BCUT2D eigenvalue weighted by Gasteiger charge is 2.36. The Hall–Kier alpha value is -2.38. The fraction of sp³-hybridized carbons (Fsp3) is 0.438. The SMILES string of the molecule is Cc1cc(C(F)(F)F)n(CC(C)CN2Cc3ncccc3C2=O)n1. The van der Waals surface area contributed by atoms with E-state index in [1.54, 1.807) is 30.2 Å². The zero-order valence-electron chi connectivity index (χ0n) is 13.3. The van der Waals surface area contributed by atoms with Crippen molar-refractivity contribution in [3.05, 3.63) is 47.0 Å². The number of halogens is 3. The van der Waals surface area contributed by atoms with Gasteiger partial charge in [0, 0.05) is 19.3 Å². The van der Waals surface area contributed by atoms with Crippen LogP contribution in [0, 0.1) is 12.8 Å². The molecule has 0 saturated carbocycles. The molecule has 0 spiro atoms. The third-order valence-corrected chi connectivity index (χ3v) is 3.96. The topological polar surface area (TPSA) is 51.0 Å². The summed E-state index contributed by atoms with van der Waals surface area (Å²) in [6.45, 7) is 4.18. The maximum Gasteiger partial charge on any atom is 0.433 e. The first-order valence-electron chi connectivity index (χ1n) is 7.60. The van der Waals surface area contributed by atoms with Crippen LogP contribution in [0.15, 0.2) is 24.4 Å². The smallest absolute Gasteiger partial charge is 0.332 e. The lowest BCUT2D eigenvalue weighted by Gasteiger charge is -2.21. The number of pyridine rings is 1. The van der Waals surface area contributed by atoms with Crippen molar-refractivity contribution in [3.8, 4) is 0 Å². The monoisotopic (exact) mass is 338 g/mol. The van der Waals surface area contributed by atoms with Crippen molar-refractivity contribution in [1.82, 2.24) is 19.7 Å². The number of carbonyl (C=O) groups is 1. The number of aryl methyl sites for hydroxylation is 1. The van der Waals surface area contributed by atoms with Crippen molar-refractivity contribution in [2.45, 2.75) is 33.1 Å². The van der Waals surface area contributed by atoms with E-state index in [0.717, 1.165) is 10.7 Å². The molecule has 0 radical (unpaired) electrons. The third-order valence-electron chi connectivity index (χ3n) is 3.96. The Bertz CT molecular complexity index is 769. The maximum absolute atomic E-state index is 13.0. The zero-order chi connectivity index (χ0) is 17.5. The average molecular weight is 338 g/mol. The number of alkyl halides is 3. The van der Waals surface area contributed by atoms with E-state index in [0.29, 0.717) is 30.0 Å². The van der Waals surface area contributed by atoms with E-state index in [1.807, 2.05) is 0 Å². The average Bonchev–Trinajstić information content (AvgIpc) is 3.00. The Balaban J connectivity index is 1.70. The second kappa shape index (κ2) is 5.92. The van der Waals surface area contributed by atoms with Gasteiger partial charge >= 0.3 is 6.18 Å². The molecule has 3 heterocycles. The van der Waals surface area contributed by atoms with Gasteiger partial charge in [0.25, 0.3) is 5.91 Å². The molecule has 2 aromatic heterocycles. The number of rotatable bonds is 4. The first-order chi connectivity index (χ1) is 11.3. The van der Waals surface area contributed by atoms with Crippen molar-refractivity contribution >= 4 is 5.91 Å². The molecule has 0 N–H and O–H groups in total. The Morgan fingerprint density at radius 2 is 2.08 bits per heavy atom. The summed E-state index contributed by atoms with van der Waals surface area (Å²) in [6, 6.07) is 4.45. The Morgan fingerprint density at radius 3 is 2.75 bits per heavy atom. The lowest BCUT2D eigenvalue weighted by atomic mass is 10.1. The minimum Gasteiger partial charge on any atom is -0.332 e. The minimum atomic E-state index is -4.44. The summed E-state index contributed by atoms with van der Waals surface area (Å²) < 4.78 is 40.1. The summed E-state index contributed by atoms with van der Waals surface area (Å²) in [5.74, 6) is -0.304. The largest absolute Gasteiger partial charge is 0.433 e. The van der Waals surface area contributed by atoms with Crippen LogP contribution in [0.2, 0.25) is 0 Å². The lowest BCUT2D eigenvalue weighted by Crippen LogP contribution is -2.31. The second-order valence-electron chi connectivity index (χ2n) is 6.14. The normalized spacial score (nSPS) is 15.7. The standard InChI is InChI=1S/C16H17F3N4O/c1-10(8-23-14(16(17,18)19)6-11(2)21-23)7-22-9-13-12(15(22)24)4-3-5-20-13/h3-6,10H,7-9H2,1-2H3. The van der Waals surface area contributed by atoms with E-state index in [4.69, 9.17) is 0 Å². The molecule has 0 fully saturated rings. The van der Waals surface area contributed by atoms with E-state index in [9.17, 15) is 18.0 Å². The number of nitrogens with zero attached hydrogens (tertiary/aromatic N) is 4. The molecule has 24 heavy (non-hydrogen) atoms. The van der Waals surface area contributed by atoms with E-state index < -0.39 is 11.9 Å². The Labute approximate surface area is 137 Å². The van der Waals surface area contributed by atoms with Crippen LogP contribution in [0.5, 0.6) is 0 Å². The molecule has 3 rings (SSSR count). The predicted molar refractivity (Wildman–Crippen MR) is 80.1 cm³/mol. The molecule has 0 aromatic carbocycles. The van der Waals surface area contributed by atoms with E-state index in [2.05, 4.69) is 10.1 Å². The van der Waals surface area contributed by atoms with E-state index >= 15 is 0 Å². The van der Waals surface area contributed by atoms with Crippen molar-refractivity contribution in [2.75, 3.05) is 6.54 Å². The fourth-order valence-corrected chi connectivity index (χ4v) is 2.97. The minimum absolute atomic E-state index is 0.0935. The van der Waals surface area contributed by atoms with Gasteiger partial charge in [0.1, 0.15) is 5.69 Å².